The third-order valence-corrected chi connectivity index (χ3v) is 4.55. The summed E-state index contributed by atoms with van der Waals surface area (Å²) in [6.45, 7) is 0. The summed E-state index contributed by atoms with van der Waals surface area (Å²) in [6.07, 6.45) is -5.37. The van der Waals surface area contributed by atoms with Crippen molar-refractivity contribution in [3.05, 3.63) is 65.7 Å². The first-order valence-electron chi connectivity index (χ1n) is 8.62. The van der Waals surface area contributed by atoms with Crippen LogP contribution in [0.3, 0.4) is 0 Å². The van der Waals surface area contributed by atoms with Crippen LogP contribution in [-0.2, 0) is 16.9 Å². The smallest absolute Gasteiger partial charge is 0.431 e. The Kier molecular flexibility index (Phi) is 5.42. The Balaban J connectivity index is 1.90. The molecule has 0 fully saturated rings. The minimum Gasteiger partial charge on any atom is -0.497 e. The SMILES string of the molecule is COc1cccc(C2(O)CC(C(F)(F)F)=NN2C(=O)CCc2ccccc2)c1. The van der Waals surface area contributed by atoms with Crippen molar-refractivity contribution >= 4 is 11.6 Å². The summed E-state index contributed by atoms with van der Waals surface area (Å²) < 4.78 is 44.8. The van der Waals surface area contributed by atoms with Gasteiger partial charge in [0.05, 0.1) is 13.5 Å². The second-order valence-corrected chi connectivity index (χ2v) is 6.46. The number of alkyl halides is 3. The predicted octanol–water partition coefficient (Wildman–Crippen LogP) is 3.62. The number of hydrogen-bond acceptors (Lipinski definition) is 4. The van der Waals surface area contributed by atoms with Crippen molar-refractivity contribution in [1.82, 2.24) is 5.01 Å². The van der Waals surface area contributed by atoms with E-state index in [4.69, 9.17) is 4.74 Å². The van der Waals surface area contributed by atoms with Crippen LogP contribution < -0.4 is 4.74 Å². The maximum absolute atomic E-state index is 13.2. The fraction of sp³-hybridized carbons (Fsp3) is 0.300. The quantitative estimate of drug-likeness (QED) is 0.845. The molecule has 0 aromatic heterocycles. The van der Waals surface area contributed by atoms with E-state index in [0.29, 0.717) is 17.2 Å². The summed E-state index contributed by atoms with van der Waals surface area (Å²) in [5.74, 6) is -0.350. The van der Waals surface area contributed by atoms with Gasteiger partial charge in [0.25, 0.3) is 0 Å². The highest BCUT2D eigenvalue weighted by Crippen LogP contribution is 2.40. The summed E-state index contributed by atoms with van der Waals surface area (Å²) in [5.41, 5.74) is -2.47. The van der Waals surface area contributed by atoms with Gasteiger partial charge in [-0.1, -0.05) is 42.5 Å². The Morgan fingerprint density at radius 1 is 1.21 bits per heavy atom. The lowest BCUT2D eigenvalue weighted by Gasteiger charge is -2.31. The number of rotatable bonds is 5. The highest BCUT2D eigenvalue weighted by Gasteiger charge is 2.52. The fourth-order valence-corrected chi connectivity index (χ4v) is 3.06. The van der Waals surface area contributed by atoms with Crippen LogP contribution in [0.4, 0.5) is 13.2 Å². The largest absolute Gasteiger partial charge is 0.497 e. The van der Waals surface area contributed by atoms with Crippen LogP contribution in [0.1, 0.15) is 24.0 Å². The molecule has 5 nitrogen and oxygen atoms in total. The molecule has 1 aliphatic heterocycles. The van der Waals surface area contributed by atoms with Crippen molar-refractivity contribution in [1.29, 1.82) is 0 Å². The van der Waals surface area contributed by atoms with E-state index in [1.165, 1.54) is 25.3 Å². The van der Waals surface area contributed by atoms with Crippen LogP contribution in [0, 0.1) is 0 Å². The van der Waals surface area contributed by atoms with Gasteiger partial charge < -0.3 is 9.84 Å². The van der Waals surface area contributed by atoms with Crippen LogP contribution in [0.15, 0.2) is 59.7 Å². The number of hydrazone groups is 1. The summed E-state index contributed by atoms with van der Waals surface area (Å²) >= 11 is 0. The highest BCUT2D eigenvalue weighted by atomic mass is 19.4. The Morgan fingerprint density at radius 2 is 1.93 bits per heavy atom. The van der Waals surface area contributed by atoms with Crippen LogP contribution in [0.5, 0.6) is 5.75 Å². The van der Waals surface area contributed by atoms with Gasteiger partial charge in [0, 0.05) is 12.0 Å². The first-order valence-corrected chi connectivity index (χ1v) is 8.62. The number of aryl methyl sites for hydroxylation is 1. The second kappa shape index (κ2) is 7.63. The molecule has 1 N–H and O–H groups in total. The monoisotopic (exact) mass is 392 g/mol. The summed E-state index contributed by atoms with van der Waals surface area (Å²) in [7, 11) is 1.40. The van der Waals surface area contributed by atoms with Crippen LogP contribution in [0.25, 0.3) is 0 Å². The molecule has 2 aromatic carbocycles. The molecule has 8 heteroatoms. The van der Waals surface area contributed by atoms with Crippen molar-refractivity contribution in [2.75, 3.05) is 7.11 Å². The van der Waals surface area contributed by atoms with E-state index >= 15 is 0 Å². The molecule has 0 saturated heterocycles. The fourth-order valence-electron chi connectivity index (χ4n) is 3.06. The van der Waals surface area contributed by atoms with E-state index in [1.54, 1.807) is 6.07 Å². The molecule has 1 unspecified atom stereocenters. The van der Waals surface area contributed by atoms with Crippen LogP contribution >= 0.6 is 0 Å². The van der Waals surface area contributed by atoms with Gasteiger partial charge in [-0.25, -0.2) is 0 Å². The van der Waals surface area contributed by atoms with Gasteiger partial charge in [0.1, 0.15) is 11.5 Å². The lowest BCUT2D eigenvalue weighted by molar-refractivity contribution is -0.157. The van der Waals surface area contributed by atoms with E-state index in [2.05, 4.69) is 5.10 Å². The van der Waals surface area contributed by atoms with Crippen molar-refractivity contribution in [3.63, 3.8) is 0 Å². The molecule has 3 rings (SSSR count). The molecule has 0 saturated carbocycles. The molecule has 0 aliphatic carbocycles. The number of ether oxygens (including phenoxy) is 1. The molecule has 1 aliphatic rings. The molecule has 1 heterocycles. The number of halogens is 3. The van der Waals surface area contributed by atoms with Crippen molar-refractivity contribution in [2.24, 2.45) is 5.10 Å². The zero-order valence-corrected chi connectivity index (χ0v) is 15.1. The van der Waals surface area contributed by atoms with Gasteiger partial charge in [0.2, 0.25) is 5.91 Å². The molecule has 2 aromatic rings. The summed E-state index contributed by atoms with van der Waals surface area (Å²) in [6, 6.07) is 15.0. The number of amides is 1. The van der Waals surface area contributed by atoms with Crippen LogP contribution in [0.2, 0.25) is 0 Å². The molecular weight excluding hydrogens is 373 g/mol. The van der Waals surface area contributed by atoms with E-state index < -0.39 is 29.9 Å². The Morgan fingerprint density at radius 3 is 2.57 bits per heavy atom. The van der Waals surface area contributed by atoms with Gasteiger partial charge in [-0.05, 0) is 24.1 Å². The number of hydrogen-bond donors (Lipinski definition) is 1. The maximum Gasteiger partial charge on any atom is 0.431 e. The molecule has 148 valence electrons. The lowest BCUT2D eigenvalue weighted by atomic mass is 9.96. The maximum atomic E-state index is 13.2. The molecule has 1 amide bonds. The molecule has 1 atom stereocenters. The zero-order chi connectivity index (χ0) is 20.4. The van der Waals surface area contributed by atoms with E-state index in [0.717, 1.165) is 5.56 Å². The third kappa shape index (κ3) is 4.01. The number of methoxy groups -OCH3 is 1. The minimum absolute atomic E-state index is 0.0923. The Labute approximate surface area is 160 Å². The molecular formula is C20H19F3N2O3. The Bertz CT molecular complexity index is 884. The molecule has 0 spiro atoms. The Hall–Kier alpha value is -2.87. The second-order valence-electron chi connectivity index (χ2n) is 6.46. The first kappa shape index (κ1) is 19.9. The van der Waals surface area contributed by atoms with Gasteiger partial charge in [-0.15, -0.1) is 0 Å². The lowest BCUT2D eigenvalue weighted by Crippen LogP contribution is -2.43. The van der Waals surface area contributed by atoms with Crippen LogP contribution in [-0.4, -0.2) is 35.0 Å². The van der Waals surface area contributed by atoms with Gasteiger partial charge in [0.15, 0.2) is 5.72 Å². The summed E-state index contributed by atoms with van der Waals surface area (Å²) in [4.78, 5) is 12.7. The number of benzene rings is 2. The van der Waals surface area contributed by atoms with E-state index in [1.807, 2.05) is 30.3 Å². The molecule has 0 bridgehead atoms. The average molecular weight is 392 g/mol. The van der Waals surface area contributed by atoms with Crippen molar-refractivity contribution < 1.29 is 27.8 Å². The van der Waals surface area contributed by atoms with Gasteiger partial charge in [-0.3, -0.25) is 4.79 Å². The summed E-state index contributed by atoms with van der Waals surface area (Å²) in [5, 5.41) is 15.1. The van der Waals surface area contributed by atoms with Gasteiger partial charge >= 0.3 is 6.18 Å². The van der Waals surface area contributed by atoms with Gasteiger partial charge in [-0.2, -0.15) is 23.3 Å². The number of carbonyl (C=O) groups excluding carboxylic acids is 1. The number of nitrogens with zero attached hydrogens (tertiary/aromatic N) is 2. The topological polar surface area (TPSA) is 62.1 Å². The molecule has 28 heavy (non-hydrogen) atoms. The van der Waals surface area contributed by atoms with Crippen molar-refractivity contribution in [2.45, 2.75) is 31.2 Å². The number of aliphatic hydroxyl groups is 1. The first-order chi connectivity index (χ1) is 13.2. The minimum atomic E-state index is -4.75. The molecule has 0 radical (unpaired) electrons. The zero-order valence-electron chi connectivity index (χ0n) is 15.1. The number of carbonyl (C=O) groups is 1. The van der Waals surface area contributed by atoms with Crippen molar-refractivity contribution in [3.8, 4) is 5.75 Å². The van der Waals surface area contributed by atoms with E-state index in [9.17, 15) is 23.1 Å². The predicted molar refractivity (Wildman–Crippen MR) is 96.6 cm³/mol. The highest BCUT2D eigenvalue weighted by molar-refractivity contribution is 5.94. The average Bonchev–Trinajstić information content (AvgIpc) is 3.06. The normalized spacial score (nSPS) is 19.5. The third-order valence-electron chi connectivity index (χ3n) is 4.55. The van der Waals surface area contributed by atoms with E-state index in [-0.39, 0.29) is 12.0 Å². The standard InChI is InChI=1S/C20H19F3N2O3/c1-28-16-9-5-8-15(12-16)19(27)13-17(20(21,22)23)24-25(19)18(26)11-10-14-6-3-2-4-7-14/h2-9,12,27H,10-11,13H2,1H3.